The van der Waals surface area contributed by atoms with E-state index in [4.69, 9.17) is 15.7 Å². The van der Waals surface area contributed by atoms with Crippen molar-refractivity contribution in [2.75, 3.05) is 39.4 Å². The van der Waals surface area contributed by atoms with Gasteiger partial charge in [-0.15, -0.1) is 0 Å². The number of nitrogens with two attached hydrogens (primary N) is 1. The quantitative estimate of drug-likeness (QED) is 0.224. The lowest BCUT2D eigenvalue weighted by Crippen LogP contribution is -2.55. The number of ether oxygens (including phenoxy) is 1. The van der Waals surface area contributed by atoms with E-state index in [1.165, 1.54) is 0 Å². The summed E-state index contributed by atoms with van der Waals surface area (Å²) in [7, 11) is 0. The third-order valence-electron chi connectivity index (χ3n) is 3.83. The van der Waals surface area contributed by atoms with Gasteiger partial charge in [0.1, 0.15) is 0 Å². The van der Waals surface area contributed by atoms with Gasteiger partial charge in [0.05, 0.1) is 6.04 Å². The maximum atomic E-state index is 12.1. The largest absolute Gasteiger partial charge is 0.409 e. The first kappa shape index (κ1) is 17.7. The standard InChI is InChI=1S/C14H28N4O3/c1-3-12(14(15)16-20)17-7-9-18(10-8-17)13(19)6-5-11-21-4-2/h12,20H,3-11H2,1-2H3,(H2,15,16). The summed E-state index contributed by atoms with van der Waals surface area (Å²) >= 11 is 0. The van der Waals surface area contributed by atoms with Crippen molar-refractivity contribution in [3.8, 4) is 0 Å². The second-order valence-corrected chi connectivity index (χ2v) is 5.17. The highest BCUT2D eigenvalue weighted by Gasteiger charge is 2.27. The molecule has 1 saturated heterocycles. The molecule has 0 aromatic heterocycles. The van der Waals surface area contributed by atoms with Crippen molar-refractivity contribution in [1.29, 1.82) is 0 Å². The van der Waals surface area contributed by atoms with E-state index >= 15 is 0 Å². The van der Waals surface area contributed by atoms with Gasteiger partial charge in [-0.2, -0.15) is 0 Å². The van der Waals surface area contributed by atoms with Gasteiger partial charge in [0.2, 0.25) is 5.91 Å². The number of rotatable bonds is 8. The van der Waals surface area contributed by atoms with Crippen LogP contribution in [0.1, 0.15) is 33.1 Å². The van der Waals surface area contributed by atoms with Crippen molar-refractivity contribution in [2.24, 2.45) is 10.9 Å². The Hall–Kier alpha value is -1.34. The predicted octanol–water partition coefficient (Wildman–Crippen LogP) is 0.472. The topological polar surface area (TPSA) is 91.4 Å². The maximum absolute atomic E-state index is 12.1. The van der Waals surface area contributed by atoms with Crippen LogP contribution in [0.2, 0.25) is 0 Å². The Morgan fingerprint density at radius 1 is 1.33 bits per heavy atom. The summed E-state index contributed by atoms with van der Waals surface area (Å²) in [5.74, 6) is 0.431. The second-order valence-electron chi connectivity index (χ2n) is 5.17. The lowest BCUT2D eigenvalue weighted by Gasteiger charge is -2.38. The van der Waals surface area contributed by atoms with E-state index in [1.54, 1.807) is 0 Å². The molecule has 1 rings (SSSR count). The van der Waals surface area contributed by atoms with Gasteiger partial charge in [0.15, 0.2) is 5.84 Å². The molecule has 1 atom stereocenters. The minimum atomic E-state index is -0.0507. The number of oxime groups is 1. The molecule has 0 aromatic rings. The Bertz CT molecular complexity index is 341. The first-order valence-electron chi connectivity index (χ1n) is 7.71. The molecule has 1 aliphatic heterocycles. The van der Waals surface area contributed by atoms with E-state index in [0.29, 0.717) is 32.7 Å². The fourth-order valence-electron chi connectivity index (χ4n) is 2.63. The van der Waals surface area contributed by atoms with Gasteiger partial charge in [0, 0.05) is 45.8 Å². The summed E-state index contributed by atoms with van der Waals surface area (Å²) in [6.07, 6.45) is 2.10. The molecule has 1 aliphatic rings. The fourth-order valence-corrected chi connectivity index (χ4v) is 2.63. The minimum Gasteiger partial charge on any atom is -0.409 e. The number of piperazine rings is 1. The Kier molecular flexibility index (Phi) is 8.07. The summed E-state index contributed by atoms with van der Waals surface area (Å²) in [6, 6.07) is -0.0507. The zero-order valence-electron chi connectivity index (χ0n) is 13.1. The third-order valence-corrected chi connectivity index (χ3v) is 3.83. The van der Waals surface area contributed by atoms with Crippen molar-refractivity contribution in [1.82, 2.24) is 9.80 Å². The lowest BCUT2D eigenvalue weighted by molar-refractivity contribution is -0.133. The fraction of sp³-hybridized carbons (Fsp3) is 0.857. The van der Waals surface area contributed by atoms with Crippen molar-refractivity contribution < 1.29 is 14.7 Å². The average molecular weight is 300 g/mol. The zero-order valence-corrected chi connectivity index (χ0v) is 13.1. The number of nitrogens with zero attached hydrogens (tertiary/aromatic N) is 3. The van der Waals surface area contributed by atoms with Crippen LogP contribution >= 0.6 is 0 Å². The molecule has 0 radical (unpaired) electrons. The van der Waals surface area contributed by atoms with E-state index in [2.05, 4.69) is 10.1 Å². The molecule has 0 bridgehead atoms. The first-order valence-corrected chi connectivity index (χ1v) is 7.71. The normalized spacial score (nSPS) is 18.8. The van der Waals surface area contributed by atoms with Crippen LogP contribution < -0.4 is 5.73 Å². The number of hydrogen-bond donors (Lipinski definition) is 2. The van der Waals surface area contributed by atoms with Crippen molar-refractivity contribution in [3.05, 3.63) is 0 Å². The van der Waals surface area contributed by atoms with Crippen molar-refractivity contribution in [3.63, 3.8) is 0 Å². The summed E-state index contributed by atoms with van der Waals surface area (Å²) in [4.78, 5) is 16.1. The van der Waals surface area contributed by atoms with Crippen molar-refractivity contribution >= 4 is 11.7 Å². The molecule has 1 fully saturated rings. The van der Waals surface area contributed by atoms with E-state index in [9.17, 15) is 4.79 Å². The molecule has 0 saturated carbocycles. The maximum Gasteiger partial charge on any atom is 0.222 e. The van der Waals surface area contributed by atoms with Crippen LogP contribution in [0.4, 0.5) is 0 Å². The van der Waals surface area contributed by atoms with Gasteiger partial charge in [-0.3, -0.25) is 9.69 Å². The van der Waals surface area contributed by atoms with Crippen LogP contribution in [0.5, 0.6) is 0 Å². The third kappa shape index (κ3) is 5.51. The van der Waals surface area contributed by atoms with Gasteiger partial charge < -0.3 is 20.6 Å². The van der Waals surface area contributed by atoms with Crippen LogP contribution in [-0.2, 0) is 9.53 Å². The van der Waals surface area contributed by atoms with Gasteiger partial charge >= 0.3 is 0 Å². The van der Waals surface area contributed by atoms with Gasteiger partial charge in [-0.05, 0) is 19.8 Å². The van der Waals surface area contributed by atoms with Crippen LogP contribution in [-0.4, -0.2) is 72.2 Å². The molecule has 7 nitrogen and oxygen atoms in total. The zero-order chi connectivity index (χ0) is 15.7. The van der Waals surface area contributed by atoms with E-state index in [1.807, 2.05) is 18.7 Å². The molecule has 21 heavy (non-hydrogen) atoms. The molecule has 7 heteroatoms. The molecule has 1 unspecified atom stereocenters. The summed E-state index contributed by atoms with van der Waals surface area (Å²) in [5, 5.41) is 11.9. The monoisotopic (exact) mass is 300 g/mol. The van der Waals surface area contributed by atoms with E-state index < -0.39 is 0 Å². The molecule has 122 valence electrons. The van der Waals surface area contributed by atoms with E-state index in [-0.39, 0.29) is 17.8 Å². The summed E-state index contributed by atoms with van der Waals surface area (Å²) in [6.45, 7) is 8.20. The Labute approximate surface area is 126 Å². The summed E-state index contributed by atoms with van der Waals surface area (Å²) < 4.78 is 5.24. The SMILES string of the molecule is CCOCCCC(=O)N1CCN(C(CC)C(N)=NO)CC1. The van der Waals surface area contributed by atoms with Crippen LogP contribution in [0.15, 0.2) is 5.16 Å². The minimum absolute atomic E-state index is 0.0507. The van der Waals surface area contributed by atoms with Crippen molar-refractivity contribution in [2.45, 2.75) is 39.2 Å². The molecule has 0 aliphatic carbocycles. The summed E-state index contributed by atoms with van der Waals surface area (Å²) in [5.41, 5.74) is 5.71. The Morgan fingerprint density at radius 2 is 2.00 bits per heavy atom. The highest BCUT2D eigenvalue weighted by molar-refractivity contribution is 5.85. The number of amidine groups is 1. The first-order chi connectivity index (χ1) is 10.1. The number of amides is 1. The lowest BCUT2D eigenvalue weighted by atomic mass is 10.1. The molecule has 0 aromatic carbocycles. The second kappa shape index (κ2) is 9.57. The highest BCUT2D eigenvalue weighted by Crippen LogP contribution is 2.11. The Morgan fingerprint density at radius 3 is 2.52 bits per heavy atom. The highest BCUT2D eigenvalue weighted by atomic mass is 16.5. The molecule has 1 heterocycles. The number of carbonyl (C=O) groups excluding carboxylic acids is 1. The van der Waals surface area contributed by atoms with Crippen LogP contribution in [0.3, 0.4) is 0 Å². The van der Waals surface area contributed by atoms with Crippen LogP contribution in [0.25, 0.3) is 0 Å². The number of hydrogen-bond acceptors (Lipinski definition) is 5. The Balaban J connectivity index is 2.35. The van der Waals surface area contributed by atoms with Crippen LogP contribution in [0, 0.1) is 0 Å². The average Bonchev–Trinajstić information content (AvgIpc) is 2.52. The smallest absolute Gasteiger partial charge is 0.222 e. The van der Waals surface area contributed by atoms with Gasteiger partial charge in [-0.25, -0.2) is 0 Å². The molecular formula is C14H28N4O3. The van der Waals surface area contributed by atoms with E-state index in [0.717, 1.165) is 25.9 Å². The number of carbonyl (C=O) groups is 1. The predicted molar refractivity (Wildman–Crippen MR) is 81.4 cm³/mol. The molecular weight excluding hydrogens is 272 g/mol. The molecule has 1 amide bonds. The van der Waals surface area contributed by atoms with Gasteiger partial charge in [0.25, 0.3) is 0 Å². The molecule has 3 N–H and O–H groups in total. The molecule has 0 spiro atoms. The van der Waals surface area contributed by atoms with Gasteiger partial charge in [-0.1, -0.05) is 12.1 Å².